The summed E-state index contributed by atoms with van der Waals surface area (Å²) in [6, 6.07) is 7.53. The molecule has 0 saturated heterocycles. The van der Waals surface area contributed by atoms with Crippen LogP contribution in [0.15, 0.2) is 28.8 Å². The molecule has 1 unspecified atom stereocenters. The molecule has 2 N–H and O–H groups in total. The van der Waals surface area contributed by atoms with Gasteiger partial charge in [0, 0.05) is 6.42 Å². The Labute approximate surface area is 119 Å². The highest BCUT2D eigenvalue weighted by Gasteiger charge is 2.27. The molecule has 1 heterocycles. The van der Waals surface area contributed by atoms with Crippen molar-refractivity contribution in [1.82, 2.24) is 10.1 Å². The van der Waals surface area contributed by atoms with E-state index in [1.54, 1.807) is 7.11 Å². The summed E-state index contributed by atoms with van der Waals surface area (Å²) in [5, 5.41) is 3.99. The van der Waals surface area contributed by atoms with Crippen LogP contribution in [-0.4, -0.2) is 17.3 Å². The quantitative estimate of drug-likeness (QED) is 0.928. The zero-order valence-electron chi connectivity index (χ0n) is 12.4. The number of benzene rings is 1. The topological polar surface area (TPSA) is 74.2 Å². The second kappa shape index (κ2) is 5.63. The highest BCUT2D eigenvalue weighted by atomic mass is 16.5. The summed E-state index contributed by atoms with van der Waals surface area (Å²) in [6.45, 7) is 6.14. The minimum atomic E-state index is -0.269. The summed E-state index contributed by atoms with van der Waals surface area (Å²) in [5.41, 5.74) is 7.07. The van der Waals surface area contributed by atoms with Gasteiger partial charge in [-0.15, -0.1) is 0 Å². The highest BCUT2D eigenvalue weighted by molar-refractivity contribution is 5.30. The first-order chi connectivity index (χ1) is 9.40. The van der Waals surface area contributed by atoms with Crippen molar-refractivity contribution in [3.05, 3.63) is 41.5 Å². The smallest absolute Gasteiger partial charge is 0.244 e. The number of hydrogen-bond acceptors (Lipinski definition) is 5. The molecule has 0 radical (unpaired) electrons. The van der Waals surface area contributed by atoms with Crippen molar-refractivity contribution in [2.24, 2.45) is 11.1 Å². The molecule has 0 fully saturated rings. The van der Waals surface area contributed by atoms with E-state index in [4.69, 9.17) is 15.0 Å². The van der Waals surface area contributed by atoms with Crippen LogP contribution in [0.25, 0.3) is 0 Å². The summed E-state index contributed by atoms with van der Waals surface area (Å²) in [5.74, 6) is 1.93. The van der Waals surface area contributed by atoms with E-state index in [0.29, 0.717) is 18.1 Å². The molecule has 0 aliphatic carbocycles. The Morgan fingerprint density at radius 2 is 2.10 bits per heavy atom. The Morgan fingerprint density at radius 3 is 2.75 bits per heavy atom. The number of ether oxygens (including phenoxy) is 1. The average Bonchev–Trinajstić information content (AvgIpc) is 2.85. The maximum absolute atomic E-state index is 6.11. The molecule has 2 aromatic rings. The van der Waals surface area contributed by atoms with Crippen LogP contribution in [0.5, 0.6) is 5.75 Å². The largest absolute Gasteiger partial charge is 0.497 e. The Morgan fingerprint density at radius 1 is 1.35 bits per heavy atom. The fourth-order valence-corrected chi connectivity index (χ4v) is 1.80. The Hall–Kier alpha value is -1.88. The van der Waals surface area contributed by atoms with E-state index >= 15 is 0 Å². The summed E-state index contributed by atoms with van der Waals surface area (Å²) in [6.07, 6.45) is 0.595. The number of aromatic nitrogens is 2. The SMILES string of the molecule is COc1cccc(Cc2noc(C(N)C(C)(C)C)n2)c1. The Balaban J connectivity index is 2.13. The van der Waals surface area contributed by atoms with Gasteiger partial charge in [0.05, 0.1) is 13.2 Å². The van der Waals surface area contributed by atoms with Crippen LogP contribution in [0.2, 0.25) is 0 Å². The van der Waals surface area contributed by atoms with Crippen molar-refractivity contribution >= 4 is 0 Å². The van der Waals surface area contributed by atoms with Crippen molar-refractivity contribution < 1.29 is 9.26 Å². The van der Waals surface area contributed by atoms with Gasteiger partial charge in [0.25, 0.3) is 0 Å². The minimum absolute atomic E-state index is 0.111. The van der Waals surface area contributed by atoms with Crippen molar-refractivity contribution in [3.63, 3.8) is 0 Å². The molecular formula is C15H21N3O2. The van der Waals surface area contributed by atoms with E-state index in [9.17, 15) is 0 Å². The van der Waals surface area contributed by atoms with E-state index in [0.717, 1.165) is 11.3 Å². The van der Waals surface area contributed by atoms with Crippen LogP contribution >= 0.6 is 0 Å². The molecule has 0 saturated carbocycles. The second-order valence-electron chi connectivity index (χ2n) is 5.92. The Kier molecular flexibility index (Phi) is 4.09. The van der Waals surface area contributed by atoms with E-state index in [1.165, 1.54) is 0 Å². The lowest BCUT2D eigenvalue weighted by atomic mass is 9.87. The van der Waals surface area contributed by atoms with Crippen molar-refractivity contribution in [2.75, 3.05) is 7.11 Å². The molecule has 1 aromatic carbocycles. The predicted molar refractivity (Wildman–Crippen MR) is 76.5 cm³/mol. The fraction of sp³-hybridized carbons (Fsp3) is 0.467. The third-order valence-corrected chi connectivity index (χ3v) is 3.18. The molecular weight excluding hydrogens is 254 g/mol. The van der Waals surface area contributed by atoms with E-state index in [1.807, 2.05) is 45.0 Å². The number of methoxy groups -OCH3 is 1. The molecule has 0 aliphatic heterocycles. The molecule has 0 amide bonds. The van der Waals surface area contributed by atoms with Crippen LogP contribution in [0, 0.1) is 5.41 Å². The lowest BCUT2D eigenvalue weighted by Gasteiger charge is -2.23. The predicted octanol–water partition coefficient (Wildman–Crippen LogP) is 2.71. The van der Waals surface area contributed by atoms with Gasteiger partial charge in [0.1, 0.15) is 5.75 Å². The van der Waals surface area contributed by atoms with Crippen LogP contribution in [0.3, 0.4) is 0 Å². The molecule has 0 bridgehead atoms. The van der Waals surface area contributed by atoms with Crippen LogP contribution < -0.4 is 10.5 Å². The first-order valence-corrected chi connectivity index (χ1v) is 6.61. The van der Waals surface area contributed by atoms with Gasteiger partial charge in [-0.2, -0.15) is 4.98 Å². The number of rotatable bonds is 4. The van der Waals surface area contributed by atoms with Crippen molar-refractivity contribution in [3.8, 4) is 5.75 Å². The van der Waals surface area contributed by atoms with Gasteiger partial charge in [-0.05, 0) is 23.1 Å². The van der Waals surface area contributed by atoms with Gasteiger partial charge in [-0.1, -0.05) is 38.1 Å². The lowest BCUT2D eigenvalue weighted by Crippen LogP contribution is -2.26. The van der Waals surface area contributed by atoms with Crippen LogP contribution in [-0.2, 0) is 6.42 Å². The van der Waals surface area contributed by atoms with Crippen LogP contribution in [0.1, 0.15) is 44.1 Å². The minimum Gasteiger partial charge on any atom is -0.497 e. The van der Waals surface area contributed by atoms with Gasteiger partial charge in [0.2, 0.25) is 5.89 Å². The summed E-state index contributed by atoms with van der Waals surface area (Å²) < 4.78 is 10.5. The average molecular weight is 275 g/mol. The number of hydrogen-bond donors (Lipinski definition) is 1. The maximum Gasteiger partial charge on any atom is 0.244 e. The monoisotopic (exact) mass is 275 g/mol. The molecule has 2 rings (SSSR count). The number of nitrogens with zero attached hydrogens (tertiary/aromatic N) is 2. The molecule has 0 spiro atoms. The van der Waals surface area contributed by atoms with Gasteiger partial charge in [-0.25, -0.2) is 0 Å². The summed E-state index contributed by atoms with van der Waals surface area (Å²) in [4.78, 5) is 4.38. The lowest BCUT2D eigenvalue weighted by molar-refractivity contribution is 0.252. The number of nitrogens with two attached hydrogens (primary N) is 1. The molecule has 1 atom stereocenters. The van der Waals surface area contributed by atoms with E-state index in [-0.39, 0.29) is 11.5 Å². The van der Waals surface area contributed by atoms with Gasteiger partial charge in [-0.3, -0.25) is 0 Å². The van der Waals surface area contributed by atoms with Crippen molar-refractivity contribution in [2.45, 2.75) is 33.2 Å². The highest BCUT2D eigenvalue weighted by Crippen LogP contribution is 2.29. The zero-order valence-corrected chi connectivity index (χ0v) is 12.4. The van der Waals surface area contributed by atoms with E-state index < -0.39 is 0 Å². The second-order valence-corrected chi connectivity index (χ2v) is 5.92. The fourth-order valence-electron chi connectivity index (χ4n) is 1.80. The molecule has 1 aromatic heterocycles. The Bertz CT molecular complexity index is 572. The third-order valence-electron chi connectivity index (χ3n) is 3.18. The maximum atomic E-state index is 6.11. The first kappa shape index (κ1) is 14.5. The van der Waals surface area contributed by atoms with Crippen LogP contribution in [0.4, 0.5) is 0 Å². The standard InChI is InChI=1S/C15H21N3O2/c1-15(2,3)13(16)14-17-12(18-20-14)9-10-6-5-7-11(8-10)19-4/h5-8,13H,9,16H2,1-4H3. The van der Waals surface area contributed by atoms with Gasteiger partial charge in [0.15, 0.2) is 5.82 Å². The summed E-state index contributed by atoms with van der Waals surface area (Å²) >= 11 is 0. The summed E-state index contributed by atoms with van der Waals surface area (Å²) in [7, 11) is 1.65. The zero-order chi connectivity index (χ0) is 14.8. The molecule has 5 nitrogen and oxygen atoms in total. The third kappa shape index (κ3) is 3.36. The van der Waals surface area contributed by atoms with Gasteiger partial charge >= 0.3 is 0 Å². The van der Waals surface area contributed by atoms with Crippen molar-refractivity contribution in [1.29, 1.82) is 0 Å². The first-order valence-electron chi connectivity index (χ1n) is 6.61. The molecule has 5 heteroatoms. The molecule has 20 heavy (non-hydrogen) atoms. The molecule has 0 aliphatic rings. The van der Waals surface area contributed by atoms with E-state index in [2.05, 4.69) is 10.1 Å². The van der Waals surface area contributed by atoms with Gasteiger partial charge < -0.3 is 15.0 Å². The molecule has 108 valence electrons. The normalized spacial score (nSPS) is 13.2.